The molecule has 4 heteroatoms. The van der Waals surface area contributed by atoms with Gasteiger partial charge in [-0.2, -0.15) is 0 Å². The van der Waals surface area contributed by atoms with Crippen LogP contribution >= 0.6 is 0 Å². The van der Waals surface area contributed by atoms with Crippen molar-refractivity contribution in [3.05, 3.63) is 0 Å². The maximum absolute atomic E-state index is 11.4. The van der Waals surface area contributed by atoms with Gasteiger partial charge >= 0.3 is 0 Å². The minimum absolute atomic E-state index is 0.0448. The van der Waals surface area contributed by atoms with Gasteiger partial charge in [0.15, 0.2) is 0 Å². The first-order chi connectivity index (χ1) is 4.91. The summed E-state index contributed by atoms with van der Waals surface area (Å²) in [4.78, 5) is 0. The Morgan fingerprint density at radius 2 is 2.10 bits per heavy atom. The predicted molar refractivity (Wildman–Crippen MR) is 36.7 cm³/mol. The van der Waals surface area contributed by atoms with Crippen molar-refractivity contribution in [1.82, 2.24) is 5.32 Å². The topological polar surface area (TPSA) is 41.5 Å². The van der Waals surface area contributed by atoms with E-state index in [9.17, 15) is 4.39 Å². The molecule has 0 saturated heterocycles. The number of alkyl halides is 1. The molecule has 0 amide bonds. The molecule has 0 aliphatic carbocycles. The molecule has 0 fully saturated rings. The first-order valence-corrected chi connectivity index (χ1v) is 3.37. The van der Waals surface area contributed by atoms with E-state index in [-0.39, 0.29) is 13.3 Å². The summed E-state index contributed by atoms with van der Waals surface area (Å²) in [5.74, 6) is 0. The lowest BCUT2D eigenvalue weighted by Gasteiger charge is -2.01. The molecule has 0 rings (SSSR count). The van der Waals surface area contributed by atoms with Crippen molar-refractivity contribution in [3.8, 4) is 0 Å². The van der Waals surface area contributed by atoms with E-state index in [1.54, 1.807) is 0 Å². The zero-order valence-corrected chi connectivity index (χ0v) is 5.98. The summed E-state index contributed by atoms with van der Waals surface area (Å²) in [6.45, 7) is 1.60. The van der Waals surface area contributed by atoms with E-state index < -0.39 is 0 Å². The van der Waals surface area contributed by atoms with E-state index >= 15 is 0 Å². The first kappa shape index (κ1) is 9.81. The average Bonchev–Trinajstić information content (AvgIpc) is 1.97. The summed E-state index contributed by atoms with van der Waals surface area (Å²) in [7, 11) is 0. The second kappa shape index (κ2) is 8.81. The molecule has 3 nitrogen and oxygen atoms in total. The molecule has 0 unspecified atom stereocenters. The van der Waals surface area contributed by atoms with Gasteiger partial charge in [-0.3, -0.25) is 0 Å². The third kappa shape index (κ3) is 7.81. The van der Waals surface area contributed by atoms with Gasteiger partial charge < -0.3 is 15.2 Å². The normalized spacial score (nSPS) is 10.2. The molecule has 0 saturated carbocycles. The van der Waals surface area contributed by atoms with Crippen LogP contribution in [0.1, 0.15) is 0 Å². The smallest absolute Gasteiger partial charge is 0.102 e. The van der Waals surface area contributed by atoms with E-state index in [4.69, 9.17) is 9.84 Å². The summed E-state index contributed by atoms with van der Waals surface area (Å²) < 4.78 is 16.3. The van der Waals surface area contributed by atoms with Crippen molar-refractivity contribution in [3.63, 3.8) is 0 Å². The van der Waals surface area contributed by atoms with Crippen molar-refractivity contribution in [1.29, 1.82) is 0 Å². The van der Waals surface area contributed by atoms with Crippen molar-refractivity contribution in [2.75, 3.05) is 39.6 Å². The SMILES string of the molecule is OCCOCCNCCF. The average molecular weight is 151 g/mol. The Bertz CT molecular complexity index is 55.7. The fourth-order valence-electron chi connectivity index (χ4n) is 0.503. The molecule has 0 bridgehead atoms. The van der Waals surface area contributed by atoms with Gasteiger partial charge in [-0.05, 0) is 0 Å². The van der Waals surface area contributed by atoms with E-state index in [1.807, 2.05) is 0 Å². The Balaban J connectivity index is 2.65. The maximum Gasteiger partial charge on any atom is 0.102 e. The van der Waals surface area contributed by atoms with Crippen LogP contribution in [0.2, 0.25) is 0 Å². The van der Waals surface area contributed by atoms with Gasteiger partial charge in [-0.25, -0.2) is 4.39 Å². The highest BCUT2D eigenvalue weighted by molar-refractivity contribution is 4.42. The highest BCUT2D eigenvalue weighted by atomic mass is 19.1. The van der Waals surface area contributed by atoms with Gasteiger partial charge in [0, 0.05) is 13.1 Å². The number of hydrogen-bond donors (Lipinski definition) is 2. The number of hydrogen-bond acceptors (Lipinski definition) is 3. The molecule has 0 aromatic carbocycles. The monoisotopic (exact) mass is 151 g/mol. The van der Waals surface area contributed by atoms with Crippen molar-refractivity contribution >= 4 is 0 Å². The summed E-state index contributed by atoms with van der Waals surface area (Å²) in [5, 5.41) is 11.1. The molecular weight excluding hydrogens is 137 g/mol. The predicted octanol–water partition coefficient (Wildman–Crippen LogP) is -0.446. The summed E-state index contributed by atoms with van der Waals surface area (Å²) in [6.07, 6.45) is 0. The van der Waals surface area contributed by atoms with E-state index in [2.05, 4.69) is 5.32 Å². The van der Waals surface area contributed by atoms with Gasteiger partial charge in [0.05, 0.1) is 19.8 Å². The Morgan fingerprint density at radius 1 is 1.30 bits per heavy atom. The Labute approximate surface area is 60.2 Å². The fraction of sp³-hybridized carbons (Fsp3) is 1.00. The van der Waals surface area contributed by atoms with Gasteiger partial charge in [-0.1, -0.05) is 0 Å². The van der Waals surface area contributed by atoms with Crippen LogP contribution in [0.3, 0.4) is 0 Å². The second-order valence-electron chi connectivity index (χ2n) is 1.77. The third-order valence-electron chi connectivity index (χ3n) is 0.930. The van der Waals surface area contributed by atoms with Crippen LogP contribution in [-0.2, 0) is 4.74 Å². The van der Waals surface area contributed by atoms with E-state index in [1.165, 1.54) is 0 Å². The van der Waals surface area contributed by atoms with Crippen LogP contribution in [0.5, 0.6) is 0 Å². The molecule has 0 spiro atoms. The van der Waals surface area contributed by atoms with Crippen LogP contribution in [0.4, 0.5) is 4.39 Å². The lowest BCUT2D eigenvalue weighted by Crippen LogP contribution is -2.22. The molecule has 0 atom stereocenters. The van der Waals surface area contributed by atoms with Crippen molar-refractivity contribution in [2.24, 2.45) is 0 Å². The molecular formula is C6H14FNO2. The van der Waals surface area contributed by atoms with Crippen LogP contribution in [0.15, 0.2) is 0 Å². The van der Waals surface area contributed by atoms with Crippen LogP contribution < -0.4 is 5.32 Å². The van der Waals surface area contributed by atoms with E-state index in [0.717, 1.165) is 0 Å². The molecule has 0 heterocycles. The highest BCUT2D eigenvalue weighted by Gasteiger charge is 1.86. The quantitative estimate of drug-likeness (QED) is 0.484. The summed E-state index contributed by atoms with van der Waals surface area (Å²) in [5.41, 5.74) is 0. The van der Waals surface area contributed by atoms with Crippen LogP contribution in [0, 0.1) is 0 Å². The van der Waals surface area contributed by atoms with Crippen LogP contribution in [-0.4, -0.2) is 44.7 Å². The first-order valence-electron chi connectivity index (χ1n) is 3.37. The van der Waals surface area contributed by atoms with Crippen molar-refractivity contribution in [2.45, 2.75) is 0 Å². The zero-order valence-electron chi connectivity index (χ0n) is 5.98. The second-order valence-corrected chi connectivity index (χ2v) is 1.77. The number of ether oxygens (including phenoxy) is 1. The van der Waals surface area contributed by atoms with Crippen LogP contribution in [0.25, 0.3) is 0 Å². The fourth-order valence-corrected chi connectivity index (χ4v) is 0.503. The molecule has 0 aromatic heterocycles. The lowest BCUT2D eigenvalue weighted by molar-refractivity contribution is 0.0938. The molecule has 0 radical (unpaired) electrons. The van der Waals surface area contributed by atoms with E-state index in [0.29, 0.717) is 26.3 Å². The van der Waals surface area contributed by atoms with Gasteiger partial charge in [0.25, 0.3) is 0 Å². The molecule has 10 heavy (non-hydrogen) atoms. The highest BCUT2D eigenvalue weighted by Crippen LogP contribution is 1.71. The third-order valence-corrected chi connectivity index (χ3v) is 0.930. The van der Waals surface area contributed by atoms with Gasteiger partial charge in [-0.15, -0.1) is 0 Å². The number of nitrogens with one attached hydrogen (secondary N) is 1. The molecule has 0 aromatic rings. The minimum Gasteiger partial charge on any atom is -0.394 e. The number of halogens is 1. The lowest BCUT2D eigenvalue weighted by atomic mass is 10.6. The Kier molecular flexibility index (Phi) is 8.64. The summed E-state index contributed by atoms with van der Waals surface area (Å²) >= 11 is 0. The molecule has 2 N–H and O–H groups in total. The standard InChI is InChI=1S/C6H14FNO2/c7-1-2-8-3-5-10-6-4-9/h8-9H,1-6H2. The molecule has 62 valence electrons. The number of rotatable bonds is 7. The number of aliphatic hydroxyl groups excluding tert-OH is 1. The number of aliphatic hydroxyl groups is 1. The molecule has 0 aliphatic rings. The Hall–Kier alpha value is -0.190. The van der Waals surface area contributed by atoms with Gasteiger partial charge in [0.2, 0.25) is 0 Å². The largest absolute Gasteiger partial charge is 0.394 e. The maximum atomic E-state index is 11.4. The minimum atomic E-state index is -0.347. The van der Waals surface area contributed by atoms with Crippen molar-refractivity contribution < 1.29 is 14.2 Å². The van der Waals surface area contributed by atoms with Gasteiger partial charge in [0.1, 0.15) is 6.67 Å². The zero-order chi connectivity index (χ0) is 7.66. The Morgan fingerprint density at radius 3 is 2.70 bits per heavy atom. The molecule has 0 aliphatic heterocycles. The summed E-state index contributed by atoms with van der Waals surface area (Å²) in [6, 6.07) is 0.